The van der Waals surface area contributed by atoms with Gasteiger partial charge in [0.05, 0.1) is 5.56 Å². The zero-order valence-corrected chi connectivity index (χ0v) is 14.4. The molecule has 2 aromatic carbocycles. The van der Waals surface area contributed by atoms with E-state index in [4.69, 9.17) is 0 Å². The number of carbonyl (C=O) groups is 1. The zero-order valence-electron chi connectivity index (χ0n) is 14.4. The Balaban J connectivity index is 1.45. The number of nitrogens with zero attached hydrogens (tertiary/aromatic N) is 1. The molecule has 1 amide bonds. The lowest BCUT2D eigenvalue weighted by Crippen LogP contribution is -2.37. The van der Waals surface area contributed by atoms with Crippen LogP contribution < -0.4 is 10.9 Å². The summed E-state index contributed by atoms with van der Waals surface area (Å²) >= 11 is 0. The fourth-order valence-corrected chi connectivity index (χ4v) is 3.59. The molecule has 5 heteroatoms. The van der Waals surface area contributed by atoms with Crippen LogP contribution >= 0.6 is 0 Å². The Hall–Kier alpha value is -2.92. The second kappa shape index (κ2) is 7.14. The topological polar surface area (TPSA) is 65.2 Å². The summed E-state index contributed by atoms with van der Waals surface area (Å²) < 4.78 is 0. The summed E-state index contributed by atoms with van der Waals surface area (Å²) in [5.74, 6) is -0.182. The first-order valence-electron chi connectivity index (χ1n) is 8.88. The molecule has 0 radical (unpaired) electrons. The SMILES string of the molecule is O=C(N[C@H]1CCN(Cc2ccccc2)C1)c1cc(=O)[nH]c2ccccc12. The number of carbonyl (C=O) groups excluding carboxylic acids is 1. The molecule has 1 aliphatic rings. The molecule has 2 N–H and O–H groups in total. The molecule has 0 saturated carbocycles. The summed E-state index contributed by atoms with van der Waals surface area (Å²) in [6.45, 7) is 2.67. The molecule has 1 atom stereocenters. The van der Waals surface area contributed by atoms with Crippen LogP contribution in [0.5, 0.6) is 0 Å². The van der Waals surface area contributed by atoms with Gasteiger partial charge in [0.1, 0.15) is 0 Å². The van der Waals surface area contributed by atoms with Gasteiger partial charge < -0.3 is 10.3 Å². The maximum atomic E-state index is 12.7. The number of rotatable bonds is 4. The van der Waals surface area contributed by atoms with Crippen molar-refractivity contribution in [2.24, 2.45) is 0 Å². The van der Waals surface area contributed by atoms with Gasteiger partial charge in [0.25, 0.3) is 5.91 Å². The van der Waals surface area contributed by atoms with Crippen molar-refractivity contribution in [1.82, 2.24) is 15.2 Å². The molecule has 0 bridgehead atoms. The van der Waals surface area contributed by atoms with Crippen molar-refractivity contribution in [2.45, 2.75) is 19.0 Å². The van der Waals surface area contributed by atoms with Gasteiger partial charge >= 0.3 is 0 Å². The molecule has 1 fully saturated rings. The first-order valence-corrected chi connectivity index (χ1v) is 8.88. The monoisotopic (exact) mass is 347 g/mol. The number of pyridine rings is 1. The number of benzene rings is 2. The third kappa shape index (κ3) is 3.53. The van der Waals surface area contributed by atoms with Crippen LogP contribution in [0.25, 0.3) is 10.9 Å². The van der Waals surface area contributed by atoms with Crippen molar-refractivity contribution >= 4 is 16.8 Å². The molecule has 26 heavy (non-hydrogen) atoms. The Morgan fingerprint density at radius 2 is 1.88 bits per heavy atom. The molecule has 3 aromatic rings. The van der Waals surface area contributed by atoms with Crippen molar-refractivity contribution in [2.75, 3.05) is 13.1 Å². The Morgan fingerprint density at radius 1 is 1.12 bits per heavy atom. The van der Waals surface area contributed by atoms with E-state index in [2.05, 4.69) is 27.3 Å². The summed E-state index contributed by atoms with van der Waals surface area (Å²) in [4.78, 5) is 29.7. The van der Waals surface area contributed by atoms with E-state index in [-0.39, 0.29) is 17.5 Å². The van der Waals surface area contributed by atoms with E-state index in [0.717, 1.165) is 31.4 Å². The van der Waals surface area contributed by atoms with Gasteiger partial charge in [-0.25, -0.2) is 0 Å². The van der Waals surface area contributed by atoms with E-state index in [1.165, 1.54) is 11.6 Å². The summed E-state index contributed by atoms with van der Waals surface area (Å²) in [6, 6.07) is 19.2. The van der Waals surface area contributed by atoms with Crippen LogP contribution in [0.15, 0.2) is 65.5 Å². The van der Waals surface area contributed by atoms with E-state index < -0.39 is 0 Å². The number of hydrogen-bond donors (Lipinski definition) is 2. The number of amides is 1. The Bertz CT molecular complexity index is 981. The number of hydrogen-bond acceptors (Lipinski definition) is 3. The molecule has 5 nitrogen and oxygen atoms in total. The molecular formula is C21H21N3O2. The van der Waals surface area contributed by atoms with E-state index in [1.54, 1.807) is 0 Å². The van der Waals surface area contributed by atoms with Crippen LogP contribution in [0.4, 0.5) is 0 Å². The fourth-order valence-electron chi connectivity index (χ4n) is 3.59. The molecule has 4 rings (SSSR count). The lowest BCUT2D eigenvalue weighted by Gasteiger charge is -2.17. The molecule has 0 aliphatic carbocycles. The van der Waals surface area contributed by atoms with Gasteiger partial charge in [-0.3, -0.25) is 14.5 Å². The molecule has 1 saturated heterocycles. The minimum Gasteiger partial charge on any atom is -0.348 e. The van der Waals surface area contributed by atoms with Gasteiger partial charge in [-0.2, -0.15) is 0 Å². The average molecular weight is 347 g/mol. The highest BCUT2D eigenvalue weighted by molar-refractivity contribution is 6.06. The van der Waals surface area contributed by atoms with Crippen LogP contribution in [-0.4, -0.2) is 34.9 Å². The van der Waals surface area contributed by atoms with Crippen molar-refractivity contribution < 1.29 is 4.79 Å². The number of nitrogens with one attached hydrogen (secondary N) is 2. The highest BCUT2D eigenvalue weighted by Gasteiger charge is 2.25. The number of aromatic nitrogens is 1. The molecule has 1 aliphatic heterocycles. The number of H-pyrrole nitrogens is 1. The summed E-state index contributed by atoms with van der Waals surface area (Å²) in [7, 11) is 0. The van der Waals surface area contributed by atoms with Crippen LogP contribution in [0.3, 0.4) is 0 Å². The second-order valence-electron chi connectivity index (χ2n) is 6.77. The minimum absolute atomic E-state index is 0.101. The van der Waals surface area contributed by atoms with Gasteiger partial charge in [0.2, 0.25) is 5.56 Å². The largest absolute Gasteiger partial charge is 0.348 e. The van der Waals surface area contributed by atoms with Crippen LogP contribution in [0.1, 0.15) is 22.3 Å². The number of likely N-dealkylation sites (tertiary alicyclic amines) is 1. The van der Waals surface area contributed by atoms with Crippen molar-refractivity contribution in [3.63, 3.8) is 0 Å². The second-order valence-corrected chi connectivity index (χ2v) is 6.77. The van der Waals surface area contributed by atoms with Gasteiger partial charge in [0, 0.05) is 42.6 Å². The third-order valence-corrected chi connectivity index (χ3v) is 4.85. The molecule has 2 heterocycles. The molecule has 0 spiro atoms. The number of fused-ring (bicyclic) bond motifs is 1. The zero-order chi connectivity index (χ0) is 17.9. The Labute approximate surface area is 151 Å². The van der Waals surface area contributed by atoms with Gasteiger partial charge in [-0.1, -0.05) is 48.5 Å². The van der Waals surface area contributed by atoms with Crippen LogP contribution in [-0.2, 0) is 6.54 Å². The molecule has 0 unspecified atom stereocenters. The maximum Gasteiger partial charge on any atom is 0.252 e. The predicted octanol–water partition coefficient (Wildman–Crippen LogP) is 2.53. The van der Waals surface area contributed by atoms with Crippen molar-refractivity contribution in [3.05, 3.63) is 82.1 Å². The quantitative estimate of drug-likeness (QED) is 0.762. The lowest BCUT2D eigenvalue weighted by atomic mass is 10.1. The normalized spacial score (nSPS) is 17.5. The highest BCUT2D eigenvalue weighted by Crippen LogP contribution is 2.17. The molecular weight excluding hydrogens is 326 g/mol. The third-order valence-electron chi connectivity index (χ3n) is 4.85. The van der Waals surface area contributed by atoms with E-state index in [1.807, 2.05) is 42.5 Å². The smallest absolute Gasteiger partial charge is 0.252 e. The van der Waals surface area contributed by atoms with Gasteiger partial charge in [-0.05, 0) is 18.1 Å². The standard InChI is InChI=1S/C21H21N3O2/c25-20-12-18(17-8-4-5-9-19(17)23-20)21(26)22-16-10-11-24(14-16)13-15-6-2-1-3-7-15/h1-9,12,16H,10-11,13-14H2,(H,22,26)(H,23,25)/t16-/m0/s1. The van der Waals surface area contributed by atoms with Gasteiger partial charge in [0.15, 0.2) is 0 Å². The van der Waals surface area contributed by atoms with Gasteiger partial charge in [-0.15, -0.1) is 0 Å². The Kier molecular flexibility index (Phi) is 4.54. The van der Waals surface area contributed by atoms with Crippen molar-refractivity contribution in [3.8, 4) is 0 Å². The highest BCUT2D eigenvalue weighted by atomic mass is 16.2. The maximum absolute atomic E-state index is 12.7. The first-order chi connectivity index (χ1) is 12.7. The minimum atomic E-state index is -0.258. The Morgan fingerprint density at radius 3 is 2.73 bits per heavy atom. The van der Waals surface area contributed by atoms with E-state index in [0.29, 0.717) is 11.1 Å². The molecule has 132 valence electrons. The fraction of sp³-hybridized carbons (Fsp3) is 0.238. The van der Waals surface area contributed by atoms with E-state index >= 15 is 0 Å². The van der Waals surface area contributed by atoms with E-state index in [9.17, 15) is 9.59 Å². The van der Waals surface area contributed by atoms with Crippen LogP contribution in [0, 0.1) is 0 Å². The number of para-hydroxylation sites is 1. The average Bonchev–Trinajstić information content (AvgIpc) is 3.08. The predicted molar refractivity (Wildman–Crippen MR) is 102 cm³/mol. The summed E-state index contributed by atoms with van der Waals surface area (Å²) in [6.07, 6.45) is 0.916. The number of aromatic amines is 1. The lowest BCUT2D eigenvalue weighted by molar-refractivity contribution is 0.0939. The van der Waals surface area contributed by atoms with Crippen molar-refractivity contribution in [1.29, 1.82) is 0 Å². The first kappa shape index (κ1) is 16.5. The molecule has 1 aromatic heterocycles. The summed E-state index contributed by atoms with van der Waals surface area (Å²) in [5, 5.41) is 3.86. The summed E-state index contributed by atoms with van der Waals surface area (Å²) in [5.41, 5.74) is 2.14. The van der Waals surface area contributed by atoms with Crippen LogP contribution in [0.2, 0.25) is 0 Å².